The van der Waals surface area contributed by atoms with Crippen molar-refractivity contribution >= 4 is 5.91 Å². The Morgan fingerprint density at radius 1 is 1.26 bits per heavy atom. The van der Waals surface area contributed by atoms with Crippen LogP contribution < -0.4 is 5.32 Å². The van der Waals surface area contributed by atoms with Gasteiger partial charge in [0.05, 0.1) is 0 Å². The monoisotopic (exact) mass is 266 g/mol. The number of amides is 1. The molecule has 0 aromatic heterocycles. The van der Waals surface area contributed by atoms with E-state index < -0.39 is 0 Å². The molecule has 3 heteroatoms. The van der Waals surface area contributed by atoms with Gasteiger partial charge in [-0.05, 0) is 37.6 Å². The van der Waals surface area contributed by atoms with Crippen LogP contribution in [-0.2, 0) is 4.79 Å². The first kappa shape index (κ1) is 14.8. The second kappa shape index (κ2) is 5.82. The molecule has 1 aliphatic heterocycles. The largest absolute Gasteiger partial charge is 0.342 e. The van der Waals surface area contributed by atoms with Crippen molar-refractivity contribution in [1.29, 1.82) is 0 Å². The Morgan fingerprint density at radius 2 is 2.00 bits per heavy atom. The van der Waals surface area contributed by atoms with Gasteiger partial charge in [0.25, 0.3) is 0 Å². The lowest BCUT2D eigenvalue weighted by molar-refractivity contribution is -0.143. The van der Waals surface area contributed by atoms with Crippen LogP contribution in [0.15, 0.2) is 0 Å². The van der Waals surface area contributed by atoms with E-state index >= 15 is 0 Å². The lowest BCUT2D eigenvalue weighted by Crippen LogP contribution is -2.52. The summed E-state index contributed by atoms with van der Waals surface area (Å²) in [5, 5.41) is 3.37. The Hall–Kier alpha value is -0.570. The third-order valence-electron chi connectivity index (χ3n) is 5.39. The van der Waals surface area contributed by atoms with Crippen molar-refractivity contribution in [3.05, 3.63) is 0 Å². The van der Waals surface area contributed by atoms with Crippen molar-refractivity contribution in [3.63, 3.8) is 0 Å². The Kier molecular flexibility index (Phi) is 4.54. The van der Waals surface area contributed by atoms with Crippen LogP contribution in [0.3, 0.4) is 0 Å². The maximum absolute atomic E-state index is 12.8. The van der Waals surface area contributed by atoms with Crippen LogP contribution in [0.2, 0.25) is 0 Å². The number of piperidine rings is 1. The van der Waals surface area contributed by atoms with Crippen LogP contribution in [0, 0.1) is 17.3 Å². The zero-order valence-electron chi connectivity index (χ0n) is 13.0. The fourth-order valence-electron chi connectivity index (χ4n) is 3.95. The van der Waals surface area contributed by atoms with Crippen molar-refractivity contribution in [1.82, 2.24) is 10.2 Å². The molecule has 1 aliphatic carbocycles. The molecule has 19 heavy (non-hydrogen) atoms. The summed E-state index contributed by atoms with van der Waals surface area (Å²) in [6.07, 6.45) is 5.89. The van der Waals surface area contributed by atoms with Gasteiger partial charge in [-0.25, -0.2) is 0 Å². The van der Waals surface area contributed by atoms with Gasteiger partial charge in [0, 0.05) is 25.0 Å². The summed E-state index contributed by atoms with van der Waals surface area (Å²) in [6, 6.07) is 0.573. The van der Waals surface area contributed by atoms with E-state index in [2.05, 4.69) is 31.0 Å². The van der Waals surface area contributed by atoms with Gasteiger partial charge in [-0.3, -0.25) is 4.79 Å². The van der Waals surface area contributed by atoms with Crippen LogP contribution in [0.4, 0.5) is 0 Å². The van der Waals surface area contributed by atoms with Gasteiger partial charge < -0.3 is 10.2 Å². The maximum atomic E-state index is 12.8. The predicted molar refractivity (Wildman–Crippen MR) is 78.9 cm³/mol. The number of likely N-dealkylation sites (tertiary alicyclic amines) is 1. The van der Waals surface area contributed by atoms with E-state index in [9.17, 15) is 4.79 Å². The third-order valence-corrected chi connectivity index (χ3v) is 5.39. The highest BCUT2D eigenvalue weighted by atomic mass is 16.2. The number of hydrogen-bond donors (Lipinski definition) is 1. The molecule has 2 aliphatic rings. The molecule has 2 fully saturated rings. The van der Waals surface area contributed by atoms with Gasteiger partial charge in [0.15, 0.2) is 0 Å². The average molecular weight is 266 g/mol. The van der Waals surface area contributed by atoms with E-state index in [-0.39, 0.29) is 11.3 Å². The molecular formula is C16H30N2O. The maximum Gasteiger partial charge on any atom is 0.226 e. The summed E-state index contributed by atoms with van der Waals surface area (Å²) in [5.74, 6) is 1.24. The van der Waals surface area contributed by atoms with Crippen molar-refractivity contribution in [2.45, 2.75) is 58.9 Å². The Bertz CT molecular complexity index is 327. The molecule has 2 rings (SSSR count). The number of nitrogens with one attached hydrogen (secondary N) is 1. The van der Waals surface area contributed by atoms with E-state index in [0.717, 1.165) is 25.9 Å². The molecule has 0 spiro atoms. The summed E-state index contributed by atoms with van der Waals surface area (Å²) in [7, 11) is 2.03. The number of carbonyl (C=O) groups is 1. The van der Waals surface area contributed by atoms with Crippen LogP contribution in [0.5, 0.6) is 0 Å². The summed E-state index contributed by atoms with van der Waals surface area (Å²) >= 11 is 0. The fourth-order valence-corrected chi connectivity index (χ4v) is 3.95. The molecular weight excluding hydrogens is 236 g/mol. The lowest BCUT2D eigenvalue weighted by Gasteiger charge is -2.43. The molecule has 0 aromatic rings. The molecule has 3 atom stereocenters. The van der Waals surface area contributed by atoms with E-state index in [4.69, 9.17) is 0 Å². The SMILES string of the molecule is CNC1CCN(C(=O)C2CCCCC2(C)C)CC1C. The number of rotatable bonds is 2. The van der Waals surface area contributed by atoms with E-state index in [0.29, 0.717) is 17.9 Å². The Balaban J connectivity index is 2.00. The third kappa shape index (κ3) is 3.13. The van der Waals surface area contributed by atoms with Crippen LogP contribution in [0.25, 0.3) is 0 Å². The first-order chi connectivity index (χ1) is 8.95. The normalized spacial score (nSPS) is 35.2. The average Bonchev–Trinajstić information content (AvgIpc) is 2.37. The lowest BCUT2D eigenvalue weighted by atomic mass is 9.68. The van der Waals surface area contributed by atoms with Crippen molar-refractivity contribution in [2.24, 2.45) is 17.3 Å². The zero-order chi connectivity index (χ0) is 14.0. The highest BCUT2D eigenvalue weighted by Crippen LogP contribution is 2.41. The Labute approximate surface area is 118 Å². The Morgan fingerprint density at radius 3 is 2.58 bits per heavy atom. The quantitative estimate of drug-likeness (QED) is 0.833. The smallest absolute Gasteiger partial charge is 0.226 e. The van der Waals surface area contributed by atoms with Crippen molar-refractivity contribution in [3.8, 4) is 0 Å². The van der Waals surface area contributed by atoms with Gasteiger partial charge >= 0.3 is 0 Å². The van der Waals surface area contributed by atoms with E-state index in [1.54, 1.807) is 0 Å². The molecule has 0 bridgehead atoms. The molecule has 1 N–H and O–H groups in total. The van der Waals surface area contributed by atoms with Crippen LogP contribution in [0.1, 0.15) is 52.9 Å². The number of hydrogen-bond acceptors (Lipinski definition) is 2. The van der Waals surface area contributed by atoms with Gasteiger partial charge in [0.1, 0.15) is 0 Å². The topological polar surface area (TPSA) is 32.3 Å². The molecule has 1 amide bonds. The highest BCUT2D eigenvalue weighted by molar-refractivity contribution is 5.79. The molecule has 0 aromatic carbocycles. The van der Waals surface area contributed by atoms with Crippen molar-refractivity contribution < 1.29 is 4.79 Å². The van der Waals surface area contributed by atoms with E-state index in [1.807, 2.05) is 7.05 Å². The standard InChI is InChI=1S/C16H30N2O/c1-12-11-18(10-8-14(12)17-4)15(19)13-7-5-6-9-16(13,2)3/h12-14,17H,5-11H2,1-4H3. The molecule has 1 saturated heterocycles. The summed E-state index contributed by atoms with van der Waals surface area (Å²) in [6.45, 7) is 8.67. The van der Waals surface area contributed by atoms with Gasteiger partial charge in [-0.2, -0.15) is 0 Å². The van der Waals surface area contributed by atoms with Crippen LogP contribution in [-0.4, -0.2) is 37.0 Å². The molecule has 1 heterocycles. The molecule has 3 unspecified atom stereocenters. The minimum atomic E-state index is 0.193. The first-order valence-corrected chi connectivity index (χ1v) is 7.92. The predicted octanol–water partition coefficient (Wildman–Crippen LogP) is 2.66. The van der Waals surface area contributed by atoms with Gasteiger partial charge in [0.2, 0.25) is 5.91 Å². The molecule has 0 radical (unpaired) electrons. The molecule has 3 nitrogen and oxygen atoms in total. The second-order valence-electron chi connectivity index (χ2n) is 7.23. The first-order valence-electron chi connectivity index (χ1n) is 7.92. The summed E-state index contributed by atoms with van der Waals surface area (Å²) in [4.78, 5) is 15.0. The van der Waals surface area contributed by atoms with Crippen LogP contribution >= 0.6 is 0 Å². The fraction of sp³-hybridized carbons (Fsp3) is 0.938. The van der Waals surface area contributed by atoms with Gasteiger partial charge in [-0.1, -0.05) is 33.6 Å². The van der Waals surface area contributed by atoms with Gasteiger partial charge in [-0.15, -0.1) is 0 Å². The highest BCUT2D eigenvalue weighted by Gasteiger charge is 2.40. The number of carbonyl (C=O) groups excluding carboxylic acids is 1. The van der Waals surface area contributed by atoms with Crippen molar-refractivity contribution in [2.75, 3.05) is 20.1 Å². The van der Waals surface area contributed by atoms with E-state index in [1.165, 1.54) is 19.3 Å². The zero-order valence-corrected chi connectivity index (χ0v) is 13.0. The molecule has 1 saturated carbocycles. The number of nitrogens with zero attached hydrogens (tertiary/aromatic N) is 1. The minimum absolute atomic E-state index is 0.193. The summed E-state index contributed by atoms with van der Waals surface area (Å²) < 4.78 is 0. The minimum Gasteiger partial charge on any atom is -0.342 e. The summed E-state index contributed by atoms with van der Waals surface area (Å²) in [5.41, 5.74) is 0.193. The molecule has 110 valence electrons. The second-order valence-corrected chi connectivity index (χ2v) is 7.23.